The molecular weight excluding hydrogens is 361 g/mol. The van der Waals surface area contributed by atoms with Crippen LogP contribution in [0.15, 0.2) is 36.5 Å². The fourth-order valence-electron chi connectivity index (χ4n) is 2.53. The van der Waals surface area contributed by atoms with Gasteiger partial charge in [0.2, 0.25) is 0 Å². The number of benzene rings is 1. The van der Waals surface area contributed by atoms with Crippen molar-refractivity contribution < 1.29 is 22.7 Å². The van der Waals surface area contributed by atoms with E-state index in [4.69, 9.17) is 0 Å². The number of amides is 1. The predicted octanol–water partition coefficient (Wildman–Crippen LogP) is 3.22. The number of nitrogens with one attached hydrogen (secondary N) is 1. The molecule has 0 saturated carbocycles. The van der Waals surface area contributed by atoms with Crippen LogP contribution in [0.25, 0.3) is 5.65 Å². The zero-order valence-corrected chi connectivity index (χ0v) is 14.7. The summed E-state index contributed by atoms with van der Waals surface area (Å²) in [5.41, 5.74) is 3.26. The molecule has 142 valence electrons. The highest BCUT2D eigenvalue weighted by Gasteiger charge is 2.28. The number of rotatable bonds is 5. The number of alkyl halides is 3. The zero-order valence-electron chi connectivity index (χ0n) is 14.7. The number of carbonyl (C=O) groups is 1. The fourth-order valence-corrected chi connectivity index (χ4v) is 2.53. The van der Waals surface area contributed by atoms with E-state index >= 15 is 0 Å². The average Bonchev–Trinajstić information content (AvgIpc) is 3.00. The maximum atomic E-state index is 12.4. The number of carbonyl (C=O) groups excluding carboxylic acids is 1. The summed E-state index contributed by atoms with van der Waals surface area (Å²) in [5.74, 6) is -0.200. The molecule has 0 atom stereocenters. The van der Waals surface area contributed by atoms with Crippen LogP contribution < -0.4 is 10.1 Å². The van der Waals surface area contributed by atoms with Gasteiger partial charge < -0.3 is 10.1 Å². The molecule has 2 aromatic heterocycles. The molecule has 0 radical (unpaired) electrons. The van der Waals surface area contributed by atoms with Gasteiger partial charge in [-0.25, -0.2) is 9.50 Å². The van der Waals surface area contributed by atoms with E-state index in [0.29, 0.717) is 16.9 Å². The SMILES string of the molecule is Cc1cc2ncc(C(=O)NCc3ccc(OCC(F)(F)F)cc3)c(C)n2n1. The highest BCUT2D eigenvalue weighted by molar-refractivity contribution is 5.95. The molecule has 0 bridgehead atoms. The second-order valence-corrected chi connectivity index (χ2v) is 6.04. The lowest BCUT2D eigenvalue weighted by atomic mass is 10.2. The van der Waals surface area contributed by atoms with Crippen LogP contribution in [0, 0.1) is 13.8 Å². The molecule has 1 amide bonds. The number of hydrogen-bond donors (Lipinski definition) is 1. The van der Waals surface area contributed by atoms with Crippen molar-refractivity contribution in [2.75, 3.05) is 6.61 Å². The van der Waals surface area contributed by atoms with Gasteiger partial charge in [0.25, 0.3) is 5.91 Å². The molecular formula is C18H17F3N4O2. The largest absolute Gasteiger partial charge is 0.484 e. The van der Waals surface area contributed by atoms with E-state index in [1.54, 1.807) is 23.6 Å². The number of hydrogen-bond acceptors (Lipinski definition) is 4. The number of nitrogens with zero attached hydrogens (tertiary/aromatic N) is 3. The standard InChI is InChI=1S/C18H17F3N4O2/c1-11-7-16-22-9-15(12(2)25(16)24-11)17(26)23-8-13-3-5-14(6-4-13)27-10-18(19,20)21/h3-7,9H,8,10H2,1-2H3,(H,23,26). The lowest BCUT2D eigenvalue weighted by molar-refractivity contribution is -0.153. The Kier molecular flexibility index (Phi) is 5.02. The van der Waals surface area contributed by atoms with E-state index in [0.717, 1.165) is 11.3 Å². The number of aryl methyl sites for hydroxylation is 2. The third-order valence-electron chi connectivity index (χ3n) is 3.87. The quantitative estimate of drug-likeness (QED) is 0.740. The normalized spacial score (nSPS) is 11.6. The van der Waals surface area contributed by atoms with Crippen LogP contribution in [0.3, 0.4) is 0 Å². The van der Waals surface area contributed by atoms with Crippen LogP contribution in [-0.2, 0) is 6.54 Å². The van der Waals surface area contributed by atoms with Crippen molar-refractivity contribution in [1.29, 1.82) is 0 Å². The summed E-state index contributed by atoms with van der Waals surface area (Å²) in [7, 11) is 0. The molecule has 0 fully saturated rings. The summed E-state index contributed by atoms with van der Waals surface area (Å²) in [6.45, 7) is 2.50. The summed E-state index contributed by atoms with van der Waals surface area (Å²) in [4.78, 5) is 16.6. The van der Waals surface area contributed by atoms with Crippen LogP contribution in [0.5, 0.6) is 5.75 Å². The third kappa shape index (κ3) is 4.55. The minimum Gasteiger partial charge on any atom is -0.484 e. The Bertz CT molecular complexity index is 965. The first-order chi connectivity index (χ1) is 12.7. The first kappa shape index (κ1) is 18.7. The Morgan fingerprint density at radius 1 is 1.22 bits per heavy atom. The maximum Gasteiger partial charge on any atom is 0.422 e. The van der Waals surface area contributed by atoms with Gasteiger partial charge in [0, 0.05) is 18.8 Å². The van der Waals surface area contributed by atoms with Crippen LogP contribution in [0.4, 0.5) is 13.2 Å². The monoisotopic (exact) mass is 378 g/mol. The van der Waals surface area contributed by atoms with E-state index < -0.39 is 12.8 Å². The molecule has 9 heteroatoms. The first-order valence-electron chi connectivity index (χ1n) is 8.11. The van der Waals surface area contributed by atoms with Gasteiger partial charge in [0.1, 0.15) is 5.75 Å². The Labute approximate surface area is 153 Å². The Balaban J connectivity index is 1.63. The Morgan fingerprint density at radius 2 is 1.93 bits per heavy atom. The molecule has 0 aliphatic carbocycles. The van der Waals surface area contributed by atoms with Gasteiger partial charge in [-0.2, -0.15) is 18.3 Å². The molecule has 1 N–H and O–H groups in total. The molecule has 3 rings (SSSR count). The van der Waals surface area contributed by atoms with Crippen molar-refractivity contribution in [3.05, 3.63) is 59.0 Å². The maximum absolute atomic E-state index is 12.4. The first-order valence-corrected chi connectivity index (χ1v) is 8.11. The van der Waals surface area contributed by atoms with Crippen molar-refractivity contribution in [1.82, 2.24) is 19.9 Å². The fraction of sp³-hybridized carbons (Fsp3) is 0.278. The van der Waals surface area contributed by atoms with Crippen molar-refractivity contribution in [3.63, 3.8) is 0 Å². The Hall–Kier alpha value is -3.10. The van der Waals surface area contributed by atoms with Gasteiger partial charge in [-0.15, -0.1) is 0 Å². The molecule has 0 spiro atoms. The molecule has 0 unspecified atom stereocenters. The van der Waals surface area contributed by atoms with Crippen LogP contribution >= 0.6 is 0 Å². The van der Waals surface area contributed by atoms with Gasteiger partial charge in [0.05, 0.1) is 17.0 Å². The van der Waals surface area contributed by atoms with E-state index in [1.165, 1.54) is 18.3 Å². The summed E-state index contributed by atoms with van der Waals surface area (Å²) < 4.78 is 42.7. The predicted molar refractivity (Wildman–Crippen MR) is 91.6 cm³/mol. The molecule has 27 heavy (non-hydrogen) atoms. The topological polar surface area (TPSA) is 68.5 Å². The molecule has 1 aromatic carbocycles. The third-order valence-corrected chi connectivity index (χ3v) is 3.87. The van der Waals surface area contributed by atoms with Crippen LogP contribution in [0.1, 0.15) is 27.3 Å². The van der Waals surface area contributed by atoms with E-state index in [1.807, 2.05) is 13.0 Å². The lowest BCUT2D eigenvalue weighted by Gasteiger charge is -2.11. The second kappa shape index (κ2) is 7.26. The van der Waals surface area contributed by atoms with Crippen LogP contribution in [-0.4, -0.2) is 33.3 Å². The zero-order chi connectivity index (χ0) is 19.6. The molecule has 0 saturated heterocycles. The average molecular weight is 378 g/mol. The summed E-state index contributed by atoms with van der Waals surface area (Å²) in [6, 6.07) is 7.86. The van der Waals surface area contributed by atoms with Crippen LogP contribution in [0.2, 0.25) is 0 Å². The van der Waals surface area contributed by atoms with Gasteiger partial charge in [0.15, 0.2) is 12.3 Å². The molecule has 6 nitrogen and oxygen atoms in total. The minimum absolute atomic E-state index is 0.113. The van der Waals surface area contributed by atoms with Gasteiger partial charge >= 0.3 is 6.18 Å². The minimum atomic E-state index is -4.38. The van der Waals surface area contributed by atoms with Crippen molar-refractivity contribution in [3.8, 4) is 5.75 Å². The summed E-state index contributed by atoms with van der Waals surface area (Å²) >= 11 is 0. The van der Waals surface area contributed by atoms with Gasteiger partial charge in [-0.1, -0.05) is 12.1 Å². The number of fused-ring (bicyclic) bond motifs is 1. The van der Waals surface area contributed by atoms with E-state index in [-0.39, 0.29) is 18.2 Å². The van der Waals surface area contributed by atoms with Crippen molar-refractivity contribution >= 4 is 11.6 Å². The number of ether oxygens (including phenoxy) is 1. The van der Waals surface area contributed by atoms with Gasteiger partial charge in [-0.3, -0.25) is 4.79 Å². The summed E-state index contributed by atoms with van der Waals surface area (Å²) in [6.07, 6.45) is -2.89. The van der Waals surface area contributed by atoms with Crippen molar-refractivity contribution in [2.45, 2.75) is 26.6 Å². The molecule has 0 aliphatic heterocycles. The van der Waals surface area contributed by atoms with E-state index in [9.17, 15) is 18.0 Å². The number of aromatic nitrogens is 3. The Morgan fingerprint density at radius 3 is 2.59 bits per heavy atom. The summed E-state index contributed by atoms with van der Waals surface area (Å²) in [5, 5.41) is 7.06. The smallest absolute Gasteiger partial charge is 0.422 e. The number of halogens is 3. The van der Waals surface area contributed by atoms with E-state index in [2.05, 4.69) is 20.1 Å². The van der Waals surface area contributed by atoms with Crippen molar-refractivity contribution in [2.24, 2.45) is 0 Å². The molecule has 0 aliphatic rings. The van der Waals surface area contributed by atoms with Gasteiger partial charge in [-0.05, 0) is 31.5 Å². The lowest BCUT2D eigenvalue weighted by Crippen LogP contribution is -2.24. The molecule has 2 heterocycles. The highest BCUT2D eigenvalue weighted by atomic mass is 19.4. The second-order valence-electron chi connectivity index (χ2n) is 6.04. The highest BCUT2D eigenvalue weighted by Crippen LogP contribution is 2.19. The molecule has 3 aromatic rings.